The molecule has 1 aromatic carbocycles. The molecule has 1 aromatic heterocycles. The maximum atomic E-state index is 12.1. The van der Waals surface area contributed by atoms with Crippen molar-refractivity contribution in [2.24, 2.45) is 7.05 Å². The van der Waals surface area contributed by atoms with Gasteiger partial charge in [0.1, 0.15) is 0 Å². The number of benzene rings is 1. The molecule has 0 spiro atoms. The first kappa shape index (κ1) is 17.1. The maximum absolute atomic E-state index is 12.1. The van der Waals surface area contributed by atoms with Crippen molar-refractivity contribution in [1.29, 1.82) is 0 Å². The van der Waals surface area contributed by atoms with Gasteiger partial charge in [-0.25, -0.2) is 4.79 Å². The quantitative estimate of drug-likeness (QED) is 0.801. The van der Waals surface area contributed by atoms with Crippen molar-refractivity contribution in [3.8, 4) is 0 Å². The number of hydrogen-bond acceptors (Lipinski definition) is 3. The van der Waals surface area contributed by atoms with Crippen molar-refractivity contribution in [2.45, 2.75) is 13.0 Å². The number of aliphatic hydroxyl groups excluding tert-OH is 1. The molecule has 0 bridgehead atoms. The minimum atomic E-state index is -0.555. The van der Waals surface area contributed by atoms with E-state index in [1.54, 1.807) is 44.4 Å². The molecule has 0 aliphatic rings. The lowest BCUT2D eigenvalue weighted by Crippen LogP contribution is -2.35. The molecule has 2 rings (SSSR count). The Morgan fingerprint density at radius 2 is 2.00 bits per heavy atom. The van der Waals surface area contributed by atoms with E-state index in [-0.39, 0.29) is 12.2 Å². The number of urea groups is 1. The van der Waals surface area contributed by atoms with Crippen molar-refractivity contribution in [3.63, 3.8) is 0 Å². The Morgan fingerprint density at radius 1 is 1.35 bits per heavy atom. The molecule has 2 aromatic rings. The molecule has 0 radical (unpaired) electrons. The molecule has 23 heavy (non-hydrogen) atoms. The number of amides is 2. The summed E-state index contributed by atoms with van der Waals surface area (Å²) in [4.78, 5) is 23.6. The van der Waals surface area contributed by atoms with Crippen LogP contribution in [0.4, 0.5) is 10.5 Å². The molecule has 0 fully saturated rings. The number of aryl methyl sites for hydroxylation is 2. The van der Waals surface area contributed by atoms with Gasteiger partial charge in [-0.15, -0.1) is 0 Å². The first-order chi connectivity index (χ1) is 10.9. The first-order valence-corrected chi connectivity index (χ1v) is 7.39. The molecular weight excluding hydrogens is 318 g/mol. The molecule has 0 saturated heterocycles. The number of hydrogen-bond donors (Lipinski definition) is 3. The number of nitrogens with zero attached hydrogens (tertiary/aromatic N) is 1. The van der Waals surface area contributed by atoms with Gasteiger partial charge in [-0.3, -0.25) is 4.79 Å². The van der Waals surface area contributed by atoms with Crippen LogP contribution in [0.1, 0.15) is 17.2 Å². The summed E-state index contributed by atoms with van der Waals surface area (Å²) in [6.07, 6.45) is 1.55. The minimum Gasteiger partial charge on any atom is -0.394 e. The van der Waals surface area contributed by atoms with E-state index in [1.165, 1.54) is 10.6 Å². The number of nitrogens with one attached hydrogen (secondary N) is 2. The fourth-order valence-corrected chi connectivity index (χ4v) is 2.23. The number of halogens is 1. The summed E-state index contributed by atoms with van der Waals surface area (Å²) in [7, 11) is 1.61. The number of carbonyl (C=O) groups excluding carboxylic acids is 1. The SMILES string of the molecule is Cc1cc(=O)n(C)cc1NC(=O)NC(CO)c1ccc(Cl)cc1. The molecule has 2 amide bonds. The Bertz CT molecular complexity index is 756. The minimum absolute atomic E-state index is 0.150. The standard InChI is InChI=1S/C16H18ClN3O3/c1-10-7-15(22)20(2)8-13(10)18-16(23)19-14(9-21)11-3-5-12(17)6-4-11/h3-8,14,21H,9H2,1-2H3,(H2,18,19,23). The molecule has 0 aliphatic carbocycles. The van der Waals surface area contributed by atoms with E-state index in [1.807, 2.05) is 0 Å². The number of aliphatic hydroxyl groups is 1. The third kappa shape index (κ3) is 4.34. The van der Waals surface area contributed by atoms with E-state index in [4.69, 9.17) is 11.6 Å². The van der Waals surface area contributed by atoms with Crippen molar-refractivity contribution >= 4 is 23.3 Å². The van der Waals surface area contributed by atoms with Gasteiger partial charge in [0.2, 0.25) is 0 Å². The summed E-state index contributed by atoms with van der Waals surface area (Å²) in [6, 6.07) is 7.27. The molecule has 0 saturated carbocycles. The van der Waals surface area contributed by atoms with Crippen LogP contribution in [0.3, 0.4) is 0 Å². The second-order valence-corrected chi connectivity index (χ2v) is 5.64. The molecule has 3 N–H and O–H groups in total. The number of rotatable bonds is 4. The van der Waals surface area contributed by atoms with Gasteiger partial charge in [0, 0.05) is 24.3 Å². The number of aromatic nitrogens is 1. The van der Waals surface area contributed by atoms with Gasteiger partial charge in [-0.2, -0.15) is 0 Å². The average molecular weight is 336 g/mol. The molecule has 7 heteroatoms. The summed E-state index contributed by atoms with van der Waals surface area (Å²) in [5, 5.41) is 15.4. The lowest BCUT2D eigenvalue weighted by Gasteiger charge is -2.18. The van der Waals surface area contributed by atoms with E-state index in [0.29, 0.717) is 16.3 Å². The van der Waals surface area contributed by atoms with Crippen molar-refractivity contribution < 1.29 is 9.90 Å². The van der Waals surface area contributed by atoms with Gasteiger partial charge in [-0.05, 0) is 30.2 Å². The summed E-state index contributed by atoms with van der Waals surface area (Å²) in [5.74, 6) is 0. The van der Waals surface area contributed by atoms with Crippen LogP contribution in [0.15, 0.2) is 41.3 Å². The predicted octanol–water partition coefficient (Wildman–Crippen LogP) is 2.20. The number of carbonyl (C=O) groups is 1. The summed E-state index contributed by atoms with van der Waals surface area (Å²) >= 11 is 5.83. The van der Waals surface area contributed by atoms with Crippen LogP contribution < -0.4 is 16.2 Å². The van der Waals surface area contributed by atoms with E-state index < -0.39 is 12.1 Å². The smallest absolute Gasteiger partial charge is 0.319 e. The highest BCUT2D eigenvalue weighted by atomic mass is 35.5. The molecular formula is C16H18ClN3O3. The zero-order chi connectivity index (χ0) is 17.0. The third-order valence-corrected chi connectivity index (χ3v) is 3.70. The highest BCUT2D eigenvalue weighted by molar-refractivity contribution is 6.30. The normalized spacial score (nSPS) is 11.8. The van der Waals surface area contributed by atoms with Crippen LogP contribution in [0.2, 0.25) is 5.02 Å². The zero-order valence-corrected chi connectivity index (χ0v) is 13.6. The maximum Gasteiger partial charge on any atom is 0.319 e. The highest BCUT2D eigenvalue weighted by Gasteiger charge is 2.14. The van der Waals surface area contributed by atoms with Crippen molar-refractivity contribution in [2.75, 3.05) is 11.9 Å². The predicted molar refractivity (Wildman–Crippen MR) is 89.9 cm³/mol. The molecule has 6 nitrogen and oxygen atoms in total. The largest absolute Gasteiger partial charge is 0.394 e. The number of pyridine rings is 1. The molecule has 1 heterocycles. The average Bonchev–Trinajstić information content (AvgIpc) is 2.51. The Morgan fingerprint density at radius 3 is 2.61 bits per heavy atom. The van der Waals surface area contributed by atoms with Gasteiger partial charge < -0.3 is 20.3 Å². The van der Waals surface area contributed by atoms with Crippen molar-refractivity contribution in [3.05, 3.63) is 63.0 Å². The van der Waals surface area contributed by atoms with Crippen LogP contribution in [0.25, 0.3) is 0 Å². The van der Waals surface area contributed by atoms with Crippen LogP contribution in [-0.2, 0) is 7.05 Å². The zero-order valence-electron chi connectivity index (χ0n) is 12.8. The first-order valence-electron chi connectivity index (χ1n) is 7.02. The van der Waals surface area contributed by atoms with Crippen LogP contribution in [0.5, 0.6) is 0 Å². The Kier molecular flexibility index (Phi) is 5.41. The fourth-order valence-electron chi connectivity index (χ4n) is 2.10. The molecule has 1 unspecified atom stereocenters. The number of anilines is 1. The summed E-state index contributed by atoms with van der Waals surface area (Å²) in [6.45, 7) is 1.49. The second-order valence-electron chi connectivity index (χ2n) is 5.20. The van der Waals surface area contributed by atoms with Gasteiger partial charge in [0.05, 0.1) is 18.3 Å². The fraction of sp³-hybridized carbons (Fsp3) is 0.250. The van der Waals surface area contributed by atoms with E-state index in [2.05, 4.69) is 10.6 Å². The van der Waals surface area contributed by atoms with E-state index >= 15 is 0 Å². The topological polar surface area (TPSA) is 83.4 Å². The van der Waals surface area contributed by atoms with E-state index in [9.17, 15) is 14.7 Å². The van der Waals surface area contributed by atoms with Crippen LogP contribution >= 0.6 is 11.6 Å². The summed E-state index contributed by atoms with van der Waals surface area (Å²) in [5.41, 5.74) is 1.78. The van der Waals surface area contributed by atoms with Crippen LogP contribution in [-0.4, -0.2) is 22.3 Å². The Hall–Kier alpha value is -2.31. The lowest BCUT2D eigenvalue weighted by molar-refractivity contribution is 0.225. The summed E-state index contributed by atoms with van der Waals surface area (Å²) < 4.78 is 1.38. The molecule has 1 atom stereocenters. The van der Waals surface area contributed by atoms with Gasteiger partial charge in [-0.1, -0.05) is 23.7 Å². The van der Waals surface area contributed by atoms with Crippen molar-refractivity contribution in [1.82, 2.24) is 9.88 Å². The lowest BCUT2D eigenvalue weighted by atomic mass is 10.1. The second kappa shape index (κ2) is 7.30. The van der Waals surface area contributed by atoms with Gasteiger partial charge in [0.15, 0.2) is 0 Å². The van der Waals surface area contributed by atoms with Gasteiger partial charge in [0.25, 0.3) is 5.56 Å². The van der Waals surface area contributed by atoms with E-state index in [0.717, 1.165) is 5.56 Å². The molecule has 0 aliphatic heterocycles. The van der Waals surface area contributed by atoms with Crippen LogP contribution in [0, 0.1) is 6.92 Å². The monoisotopic (exact) mass is 335 g/mol. The molecule has 122 valence electrons. The highest BCUT2D eigenvalue weighted by Crippen LogP contribution is 2.17. The van der Waals surface area contributed by atoms with Gasteiger partial charge >= 0.3 is 6.03 Å². The third-order valence-electron chi connectivity index (χ3n) is 3.44. The Balaban J connectivity index is 2.10. The Labute approximate surface area is 138 Å².